The van der Waals surface area contributed by atoms with Crippen LogP contribution in [0.3, 0.4) is 0 Å². The molecule has 0 radical (unpaired) electrons. The number of carbonyl (C=O) groups is 1. The van der Waals surface area contributed by atoms with E-state index in [2.05, 4.69) is 0 Å². The first-order valence-electron chi connectivity index (χ1n) is 6.23. The maximum atomic E-state index is 12.1. The second kappa shape index (κ2) is 6.49. The largest absolute Gasteiger partial charge is 0.480 e. The Morgan fingerprint density at radius 3 is 2.44 bits per heavy atom. The Labute approximate surface area is 109 Å². The van der Waals surface area contributed by atoms with E-state index in [1.165, 1.54) is 4.31 Å². The summed E-state index contributed by atoms with van der Waals surface area (Å²) in [6, 6.07) is 0. The number of carboxylic acids is 1. The molecule has 1 rings (SSSR count). The topological polar surface area (TPSA) is 77.9 Å². The van der Waals surface area contributed by atoms with Gasteiger partial charge in [-0.3, -0.25) is 9.69 Å². The van der Waals surface area contributed by atoms with Crippen molar-refractivity contribution in [3.63, 3.8) is 0 Å². The summed E-state index contributed by atoms with van der Waals surface area (Å²) in [7, 11) is -3.20. The van der Waals surface area contributed by atoms with Crippen LogP contribution in [0.25, 0.3) is 0 Å². The molecule has 0 amide bonds. The van der Waals surface area contributed by atoms with E-state index in [1.807, 2.05) is 13.8 Å². The van der Waals surface area contributed by atoms with Crippen LogP contribution >= 0.6 is 0 Å². The zero-order chi connectivity index (χ0) is 13.8. The van der Waals surface area contributed by atoms with Crippen molar-refractivity contribution in [3.05, 3.63) is 0 Å². The van der Waals surface area contributed by atoms with Crippen molar-refractivity contribution in [2.75, 3.05) is 38.5 Å². The lowest BCUT2D eigenvalue weighted by Crippen LogP contribution is -2.38. The van der Waals surface area contributed by atoms with Gasteiger partial charge in [0.2, 0.25) is 10.0 Å². The van der Waals surface area contributed by atoms with Crippen LogP contribution in [0.2, 0.25) is 0 Å². The Kier molecular flexibility index (Phi) is 5.55. The molecule has 1 aliphatic rings. The standard InChI is InChI=1S/C11H22N2O4S/c1-10(2)9-18(16,17)13-5-3-4-12(6-7-13)8-11(14)15/h10H,3-9H2,1-2H3,(H,14,15). The molecule has 0 aromatic rings. The summed E-state index contributed by atoms with van der Waals surface area (Å²) < 4.78 is 25.6. The molecule has 18 heavy (non-hydrogen) atoms. The highest BCUT2D eigenvalue weighted by Crippen LogP contribution is 2.11. The van der Waals surface area contributed by atoms with Crippen LogP contribution < -0.4 is 0 Å². The number of aliphatic carboxylic acids is 1. The molecule has 0 aromatic heterocycles. The molecule has 0 aromatic carbocycles. The molecule has 7 heteroatoms. The molecule has 1 N–H and O–H groups in total. The maximum Gasteiger partial charge on any atom is 0.317 e. The van der Waals surface area contributed by atoms with Crippen molar-refractivity contribution in [1.82, 2.24) is 9.21 Å². The molecular formula is C11H22N2O4S. The second-order valence-corrected chi connectivity index (χ2v) is 7.11. The lowest BCUT2D eigenvalue weighted by Gasteiger charge is -2.21. The fourth-order valence-electron chi connectivity index (χ4n) is 2.10. The highest BCUT2D eigenvalue weighted by atomic mass is 32.2. The van der Waals surface area contributed by atoms with Crippen molar-refractivity contribution in [2.45, 2.75) is 20.3 Å². The highest BCUT2D eigenvalue weighted by molar-refractivity contribution is 7.89. The van der Waals surface area contributed by atoms with Crippen LogP contribution in [0.4, 0.5) is 0 Å². The van der Waals surface area contributed by atoms with Crippen LogP contribution in [0.1, 0.15) is 20.3 Å². The molecule has 0 saturated carbocycles. The van der Waals surface area contributed by atoms with Crippen molar-refractivity contribution in [1.29, 1.82) is 0 Å². The number of sulfonamides is 1. The molecule has 0 unspecified atom stereocenters. The summed E-state index contributed by atoms with van der Waals surface area (Å²) in [4.78, 5) is 12.4. The van der Waals surface area contributed by atoms with E-state index in [-0.39, 0.29) is 18.2 Å². The SMILES string of the molecule is CC(C)CS(=O)(=O)N1CCCN(CC(=O)O)CC1. The molecule has 106 valence electrons. The summed E-state index contributed by atoms with van der Waals surface area (Å²) in [5.74, 6) is -0.604. The minimum atomic E-state index is -3.20. The molecule has 1 heterocycles. The average Bonchev–Trinajstić information content (AvgIpc) is 2.40. The third kappa shape index (κ3) is 4.91. The number of nitrogens with zero attached hydrogens (tertiary/aromatic N) is 2. The zero-order valence-electron chi connectivity index (χ0n) is 11.0. The van der Waals surface area contributed by atoms with E-state index in [4.69, 9.17) is 5.11 Å². The van der Waals surface area contributed by atoms with Crippen molar-refractivity contribution >= 4 is 16.0 Å². The summed E-state index contributed by atoms with van der Waals surface area (Å²) in [5, 5.41) is 8.73. The summed E-state index contributed by atoms with van der Waals surface area (Å²) in [6.07, 6.45) is 0.685. The molecule has 0 spiro atoms. The van der Waals surface area contributed by atoms with Crippen LogP contribution in [0.15, 0.2) is 0 Å². The first kappa shape index (κ1) is 15.4. The Bertz CT molecular complexity index is 381. The fourth-order valence-corrected chi connectivity index (χ4v) is 3.92. The lowest BCUT2D eigenvalue weighted by molar-refractivity contribution is -0.138. The molecular weight excluding hydrogens is 256 g/mol. The second-order valence-electron chi connectivity index (χ2n) is 5.09. The first-order valence-corrected chi connectivity index (χ1v) is 7.84. The van der Waals surface area contributed by atoms with Gasteiger partial charge in [0.15, 0.2) is 0 Å². The van der Waals surface area contributed by atoms with Gasteiger partial charge in [0.25, 0.3) is 0 Å². The molecule has 6 nitrogen and oxygen atoms in total. The maximum absolute atomic E-state index is 12.1. The Morgan fingerprint density at radius 2 is 1.89 bits per heavy atom. The van der Waals surface area contributed by atoms with Gasteiger partial charge in [-0.05, 0) is 12.3 Å². The van der Waals surface area contributed by atoms with Crippen molar-refractivity contribution in [2.24, 2.45) is 5.92 Å². The van der Waals surface area contributed by atoms with Crippen molar-refractivity contribution in [3.8, 4) is 0 Å². The van der Waals surface area contributed by atoms with Gasteiger partial charge in [0, 0.05) is 26.2 Å². The number of rotatable bonds is 5. The van der Waals surface area contributed by atoms with E-state index in [9.17, 15) is 13.2 Å². The lowest BCUT2D eigenvalue weighted by atomic mass is 10.3. The molecule has 0 aliphatic carbocycles. The Hall–Kier alpha value is -0.660. The van der Waals surface area contributed by atoms with E-state index in [0.29, 0.717) is 32.6 Å². The molecule has 0 bridgehead atoms. The van der Waals surface area contributed by atoms with Gasteiger partial charge in [0.1, 0.15) is 0 Å². The monoisotopic (exact) mass is 278 g/mol. The molecule has 1 saturated heterocycles. The normalized spacial score (nSPS) is 19.9. The van der Waals surface area contributed by atoms with Gasteiger partial charge >= 0.3 is 5.97 Å². The van der Waals surface area contributed by atoms with E-state index >= 15 is 0 Å². The third-order valence-electron chi connectivity index (χ3n) is 2.84. The third-order valence-corrected chi connectivity index (χ3v) is 5.08. The predicted molar refractivity (Wildman–Crippen MR) is 68.9 cm³/mol. The predicted octanol–water partition coefficient (Wildman–Crippen LogP) is 0.0645. The molecule has 1 aliphatic heterocycles. The average molecular weight is 278 g/mol. The first-order chi connectivity index (χ1) is 8.31. The van der Waals surface area contributed by atoms with Gasteiger partial charge < -0.3 is 5.11 Å². The van der Waals surface area contributed by atoms with Gasteiger partial charge in [-0.2, -0.15) is 0 Å². The van der Waals surface area contributed by atoms with Gasteiger partial charge in [-0.25, -0.2) is 12.7 Å². The summed E-state index contributed by atoms with van der Waals surface area (Å²) in [5.41, 5.74) is 0. The van der Waals surface area contributed by atoms with Crippen molar-refractivity contribution < 1.29 is 18.3 Å². The van der Waals surface area contributed by atoms with Gasteiger partial charge in [-0.1, -0.05) is 13.8 Å². The van der Waals surface area contributed by atoms with E-state index < -0.39 is 16.0 Å². The quantitative estimate of drug-likeness (QED) is 0.769. The summed E-state index contributed by atoms with van der Waals surface area (Å²) in [6.45, 7) is 5.76. The minimum absolute atomic E-state index is 0.0158. The zero-order valence-corrected chi connectivity index (χ0v) is 11.8. The van der Waals surface area contributed by atoms with Crippen LogP contribution in [0.5, 0.6) is 0 Å². The highest BCUT2D eigenvalue weighted by Gasteiger charge is 2.26. The number of hydrogen-bond donors (Lipinski definition) is 1. The minimum Gasteiger partial charge on any atom is -0.480 e. The Morgan fingerprint density at radius 1 is 1.22 bits per heavy atom. The fraction of sp³-hybridized carbons (Fsp3) is 0.909. The smallest absolute Gasteiger partial charge is 0.317 e. The number of hydrogen-bond acceptors (Lipinski definition) is 4. The van der Waals surface area contributed by atoms with Crippen LogP contribution in [-0.2, 0) is 14.8 Å². The van der Waals surface area contributed by atoms with E-state index in [0.717, 1.165) is 0 Å². The Balaban J connectivity index is 2.58. The van der Waals surface area contributed by atoms with Gasteiger partial charge in [0.05, 0.1) is 12.3 Å². The van der Waals surface area contributed by atoms with Gasteiger partial charge in [-0.15, -0.1) is 0 Å². The van der Waals surface area contributed by atoms with Crippen LogP contribution in [-0.4, -0.2) is 67.2 Å². The summed E-state index contributed by atoms with van der Waals surface area (Å²) >= 11 is 0. The van der Waals surface area contributed by atoms with E-state index in [1.54, 1.807) is 4.90 Å². The van der Waals surface area contributed by atoms with Crippen LogP contribution in [0, 0.1) is 5.92 Å². The molecule has 0 atom stereocenters. The molecule has 1 fully saturated rings. The number of carboxylic acid groups (broad SMARTS) is 1.